The number of nitrogens with one attached hydrogen (secondary N) is 1. The van der Waals surface area contributed by atoms with Crippen molar-refractivity contribution in [1.29, 1.82) is 0 Å². The predicted octanol–water partition coefficient (Wildman–Crippen LogP) is 4.58. The molecule has 1 rings (SSSR count). The molecule has 6 heteroatoms. The van der Waals surface area contributed by atoms with Gasteiger partial charge in [0.2, 0.25) is 0 Å². The summed E-state index contributed by atoms with van der Waals surface area (Å²) in [7, 11) is 1.65. The summed E-state index contributed by atoms with van der Waals surface area (Å²) in [5.74, 6) is -0.407. The minimum Gasteiger partial charge on any atom is -0.313 e. The van der Waals surface area contributed by atoms with E-state index >= 15 is 0 Å². The fourth-order valence-corrected chi connectivity index (χ4v) is 2.24. The van der Waals surface area contributed by atoms with Crippen LogP contribution in [0.4, 0.5) is 17.6 Å². The summed E-state index contributed by atoms with van der Waals surface area (Å²) in [5, 5.41) is 2.90. The second-order valence-corrected chi connectivity index (χ2v) is 4.97. The van der Waals surface area contributed by atoms with E-state index < -0.39 is 18.4 Å². The Morgan fingerprint density at radius 3 is 2.44 bits per heavy atom. The molecule has 102 valence electrons. The Hall–Kier alpha value is -0.620. The fraction of sp³-hybridized carbons (Fsp3) is 0.500. The van der Waals surface area contributed by atoms with Crippen molar-refractivity contribution in [3.05, 3.63) is 34.1 Å². The zero-order valence-corrected chi connectivity index (χ0v) is 11.4. The normalized spacial score (nSPS) is 13.7. The molecule has 1 aromatic rings. The largest absolute Gasteiger partial charge is 0.389 e. The Bertz CT molecular complexity index is 372. The quantitative estimate of drug-likeness (QED) is 0.780. The van der Waals surface area contributed by atoms with E-state index in [1.165, 1.54) is 12.1 Å². The number of alkyl halides is 3. The van der Waals surface area contributed by atoms with E-state index in [2.05, 4.69) is 21.2 Å². The van der Waals surface area contributed by atoms with Crippen molar-refractivity contribution in [3.63, 3.8) is 0 Å². The zero-order valence-electron chi connectivity index (χ0n) is 9.82. The van der Waals surface area contributed by atoms with Gasteiger partial charge in [0.15, 0.2) is 0 Å². The molecule has 1 nitrogen and oxygen atoms in total. The van der Waals surface area contributed by atoms with Crippen LogP contribution in [-0.4, -0.2) is 13.2 Å². The van der Waals surface area contributed by atoms with Crippen molar-refractivity contribution in [1.82, 2.24) is 5.32 Å². The Kier molecular flexibility index (Phi) is 5.59. The van der Waals surface area contributed by atoms with Crippen LogP contribution in [0.1, 0.15) is 30.9 Å². The molecule has 0 saturated carbocycles. The van der Waals surface area contributed by atoms with E-state index in [1.807, 2.05) is 0 Å². The van der Waals surface area contributed by atoms with Crippen molar-refractivity contribution in [2.45, 2.75) is 31.5 Å². The van der Waals surface area contributed by atoms with Crippen LogP contribution in [0.2, 0.25) is 0 Å². The van der Waals surface area contributed by atoms with E-state index in [4.69, 9.17) is 0 Å². The average molecular weight is 328 g/mol. The third-order valence-electron chi connectivity index (χ3n) is 2.59. The minimum absolute atomic E-state index is 0.0170. The van der Waals surface area contributed by atoms with E-state index in [0.29, 0.717) is 16.5 Å². The van der Waals surface area contributed by atoms with Gasteiger partial charge < -0.3 is 5.32 Å². The molecule has 0 fully saturated rings. The Labute approximate surface area is 112 Å². The van der Waals surface area contributed by atoms with Crippen molar-refractivity contribution in [2.24, 2.45) is 0 Å². The van der Waals surface area contributed by atoms with Gasteiger partial charge in [0.05, 0.1) is 0 Å². The van der Waals surface area contributed by atoms with Gasteiger partial charge in [0.1, 0.15) is 5.82 Å². The Morgan fingerprint density at radius 2 is 1.94 bits per heavy atom. The van der Waals surface area contributed by atoms with Gasteiger partial charge >= 0.3 is 6.18 Å². The highest BCUT2D eigenvalue weighted by molar-refractivity contribution is 9.10. The molecule has 0 aliphatic heterocycles. The minimum atomic E-state index is -4.14. The number of rotatable bonds is 5. The summed E-state index contributed by atoms with van der Waals surface area (Å²) in [5.41, 5.74) is 0.645. The molecule has 1 aromatic carbocycles. The van der Waals surface area contributed by atoms with Gasteiger partial charge in [-0.1, -0.05) is 15.9 Å². The van der Waals surface area contributed by atoms with Gasteiger partial charge in [-0.15, -0.1) is 0 Å². The monoisotopic (exact) mass is 327 g/mol. The third-order valence-corrected chi connectivity index (χ3v) is 3.05. The lowest BCUT2D eigenvalue weighted by Gasteiger charge is -2.17. The Balaban J connectivity index is 2.65. The van der Waals surface area contributed by atoms with Gasteiger partial charge in [0.25, 0.3) is 0 Å². The van der Waals surface area contributed by atoms with Crippen LogP contribution in [0.25, 0.3) is 0 Å². The molecule has 1 unspecified atom stereocenters. The first-order valence-corrected chi connectivity index (χ1v) is 6.31. The molecule has 0 amide bonds. The average Bonchev–Trinajstić information content (AvgIpc) is 2.21. The highest BCUT2D eigenvalue weighted by atomic mass is 79.9. The molecule has 18 heavy (non-hydrogen) atoms. The van der Waals surface area contributed by atoms with E-state index in [0.717, 1.165) is 0 Å². The summed E-state index contributed by atoms with van der Waals surface area (Å²) < 4.78 is 49.9. The maximum atomic E-state index is 13.2. The first-order chi connectivity index (χ1) is 8.31. The molecule has 0 saturated heterocycles. The van der Waals surface area contributed by atoms with Crippen LogP contribution in [0, 0.1) is 5.82 Å². The molecule has 0 radical (unpaired) electrons. The molecule has 0 heterocycles. The lowest BCUT2D eigenvalue weighted by molar-refractivity contribution is -0.135. The summed E-state index contributed by atoms with van der Waals surface area (Å²) in [6.07, 6.45) is -4.63. The smallest absolute Gasteiger partial charge is 0.313 e. The van der Waals surface area contributed by atoms with Crippen molar-refractivity contribution >= 4 is 15.9 Å². The lowest BCUT2D eigenvalue weighted by atomic mass is 10.0. The molecule has 0 aliphatic carbocycles. The molecule has 0 spiro atoms. The standard InChI is InChI=1S/C12H14BrF4N/c1-18-11(3-2-4-12(15,16)17)8-5-9(13)7-10(14)6-8/h5-7,11,18H,2-4H2,1H3. The number of hydrogen-bond acceptors (Lipinski definition) is 1. The van der Waals surface area contributed by atoms with Gasteiger partial charge in [-0.2, -0.15) is 13.2 Å². The summed E-state index contributed by atoms with van der Waals surface area (Å²) >= 11 is 3.16. The zero-order chi connectivity index (χ0) is 13.8. The second-order valence-electron chi connectivity index (χ2n) is 4.05. The fourth-order valence-electron chi connectivity index (χ4n) is 1.76. The third kappa shape index (κ3) is 5.35. The molecule has 0 aliphatic rings. The molecule has 1 atom stereocenters. The SMILES string of the molecule is CNC(CCCC(F)(F)F)c1cc(F)cc(Br)c1. The van der Waals surface area contributed by atoms with E-state index in [9.17, 15) is 17.6 Å². The van der Waals surface area contributed by atoms with Crippen LogP contribution in [0.15, 0.2) is 22.7 Å². The second kappa shape index (κ2) is 6.52. The van der Waals surface area contributed by atoms with Crippen molar-refractivity contribution in [3.8, 4) is 0 Å². The predicted molar refractivity (Wildman–Crippen MR) is 65.8 cm³/mol. The molecule has 0 aromatic heterocycles. The first kappa shape index (κ1) is 15.4. The topological polar surface area (TPSA) is 12.0 Å². The molecular formula is C12H14BrF4N. The van der Waals surface area contributed by atoms with Crippen LogP contribution in [0.3, 0.4) is 0 Å². The number of benzene rings is 1. The number of halogens is 5. The molecule has 0 bridgehead atoms. The van der Waals surface area contributed by atoms with Crippen LogP contribution in [0.5, 0.6) is 0 Å². The van der Waals surface area contributed by atoms with Crippen LogP contribution < -0.4 is 5.32 Å². The molecular weight excluding hydrogens is 314 g/mol. The molecule has 1 N–H and O–H groups in total. The Morgan fingerprint density at radius 1 is 1.28 bits per heavy atom. The maximum Gasteiger partial charge on any atom is 0.389 e. The van der Waals surface area contributed by atoms with Gasteiger partial charge in [0, 0.05) is 16.9 Å². The van der Waals surface area contributed by atoms with E-state index in [-0.39, 0.29) is 12.5 Å². The van der Waals surface area contributed by atoms with E-state index in [1.54, 1.807) is 13.1 Å². The maximum absolute atomic E-state index is 13.2. The first-order valence-electron chi connectivity index (χ1n) is 5.52. The van der Waals surface area contributed by atoms with Crippen LogP contribution >= 0.6 is 15.9 Å². The number of hydrogen-bond donors (Lipinski definition) is 1. The van der Waals surface area contributed by atoms with Gasteiger partial charge in [-0.25, -0.2) is 4.39 Å². The summed E-state index contributed by atoms with van der Waals surface area (Å²) in [6.45, 7) is 0. The van der Waals surface area contributed by atoms with Crippen LogP contribution in [-0.2, 0) is 0 Å². The summed E-state index contributed by atoms with van der Waals surface area (Å²) in [6, 6.07) is 4.07. The highest BCUT2D eigenvalue weighted by Gasteiger charge is 2.26. The summed E-state index contributed by atoms with van der Waals surface area (Å²) in [4.78, 5) is 0. The van der Waals surface area contributed by atoms with Gasteiger partial charge in [-0.05, 0) is 43.7 Å². The van der Waals surface area contributed by atoms with Gasteiger partial charge in [-0.3, -0.25) is 0 Å². The van der Waals surface area contributed by atoms with Crippen molar-refractivity contribution < 1.29 is 17.6 Å². The lowest BCUT2D eigenvalue weighted by Crippen LogP contribution is -2.17. The highest BCUT2D eigenvalue weighted by Crippen LogP contribution is 2.27. The van der Waals surface area contributed by atoms with Crippen molar-refractivity contribution in [2.75, 3.05) is 7.05 Å².